The van der Waals surface area contributed by atoms with E-state index in [0.29, 0.717) is 18.9 Å². The lowest BCUT2D eigenvalue weighted by atomic mass is 9.79. The number of fused-ring (bicyclic) bond motifs is 2. The van der Waals surface area contributed by atoms with E-state index in [4.69, 9.17) is 14.7 Å². The molecule has 3 aliphatic rings. The number of amides is 4. The van der Waals surface area contributed by atoms with Gasteiger partial charge in [0.2, 0.25) is 11.8 Å². The average Bonchev–Trinajstić information content (AvgIpc) is 4.01. The van der Waals surface area contributed by atoms with Crippen molar-refractivity contribution in [2.75, 3.05) is 27.3 Å². The van der Waals surface area contributed by atoms with Gasteiger partial charge < -0.3 is 39.9 Å². The van der Waals surface area contributed by atoms with E-state index in [1.54, 1.807) is 18.0 Å². The molecule has 0 radical (unpaired) electrons. The SMILES string of the molecule is COC(=O)N[C@@H](C)C(=O)N1CCC[C@H]1c1ncc(-c2ccc3cc(-c4ccc5nc([C@@H]6CCCN6C(=O)[C@@H](NC(=O)OC)C6CCC6)[nH]c5c4)ncc3c2)[nH]1. The molecule has 0 bridgehead atoms. The van der Waals surface area contributed by atoms with Crippen LogP contribution in [-0.2, 0) is 19.1 Å². The average molecular weight is 748 g/mol. The molecule has 2 saturated heterocycles. The van der Waals surface area contributed by atoms with E-state index in [0.717, 1.165) is 95.1 Å². The minimum Gasteiger partial charge on any atom is -0.453 e. The zero-order chi connectivity index (χ0) is 38.2. The topological polar surface area (TPSA) is 188 Å². The van der Waals surface area contributed by atoms with Crippen LogP contribution in [0.4, 0.5) is 9.59 Å². The number of nitrogens with zero attached hydrogens (tertiary/aromatic N) is 5. The molecule has 0 unspecified atom stereocenters. The Balaban J connectivity index is 0.978. The van der Waals surface area contributed by atoms with Crippen molar-refractivity contribution in [2.45, 2.75) is 76.0 Å². The standard InChI is InChI=1S/C40H45N9O6/c1-22(43-39(52)54-2)37(50)48-15-5-9-32(48)35-42-21-31(46-35)25-12-11-24-18-29(41-20-27(24)17-25)26-13-14-28-30(19-26)45-36(44-28)33-10-6-16-49(33)38(51)34(23-7-4-8-23)47-40(53)55-3/h11-14,17-23,32-34H,4-10,15-16H2,1-3H3,(H,42,46)(H,43,52)(H,44,45)(H,47,53)/t22-,32-,33-,34-/m0/s1. The van der Waals surface area contributed by atoms with Gasteiger partial charge in [-0.3, -0.25) is 14.6 Å². The van der Waals surface area contributed by atoms with Crippen LogP contribution in [0.2, 0.25) is 0 Å². The largest absolute Gasteiger partial charge is 0.453 e. The molecule has 4 N–H and O–H groups in total. The molecule has 55 heavy (non-hydrogen) atoms. The lowest BCUT2D eigenvalue weighted by Crippen LogP contribution is -2.53. The molecule has 1 saturated carbocycles. The molecule has 2 aliphatic heterocycles. The maximum atomic E-state index is 13.8. The predicted octanol–water partition coefficient (Wildman–Crippen LogP) is 5.76. The number of H-pyrrole nitrogens is 2. The van der Waals surface area contributed by atoms with Crippen LogP contribution in [0, 0.1) is 5.92 Å². The first kappa shape index (κ1) is 36.0. The number of carbonyl (C=O) groups is 4. The van der Waals surface area contributed by atoms with Crippen LogP contribution in [0.1, 0.15) is 75.6 Å². The summed E-state index contributed by atoms with van der Waals surface area (Å²) in [6, 6.07) is 12.5. The van der Waals surface area contributed by atoms with Crippen LogP contribution < -0.4 is 10.6 Å². The van der Waals surface area contributed by atoms with Gasteiger partial charge in [-0.15, -0.1) is 0 Å². The van der Waals surface area contributed by atoms with Crippen molar-refractivity contribution in [1.29, 1.82) is 0 Å². The molecule has 0 spiro atoms. The van der Waals surface area contributed by atoms with Crippen LogP contribution in [0.3, 0.4) is 0 Å². The highest BCUT2D eigenvalue weighted by Gasteiger charge is 2.41. The van der Waals surface area contributed by atoms with E-state index in [1.165, 1.54) is 14.2 Å². The normalized spacial score (nSPS) is 19.6. The smallest absolute Gasteiger partial charge is 0.407 e. The van der Waals surface area contributed by atoms with E-state index < -0.39 is 24.3 Å². The summed E-state index contributed by atoms with van der Waals surface area (Å²) in [7, 11) is 2.59. The third-order valence-corrected chi connectivity index (χ3v) is 11.4. The number of likely N-dealkylation sites (tertiary alicyclic amines) is 2. The second-order valence-corrected chi connectivity index (χ2v) is 14.7. The zero-order valence-corrected chi connectivity index (χ0v) is 31.1. The monoisotopic (exact) mass is 747 g/mol. The zero-order valence-electron chi connectivity index (χ0n) is 31.1. The number of rotatable bonds is 9. The fourth-order valence-corrected chi connectivity index (χ4v) is 8.16. The summed E-state index contributed by atoms with van der Waals surface area (Å²) in [5, 5.41) is 7.36. The van der Waals surface area contributed by atoms with E-state index in [-0.39, 0.29) is 29.8 Å². The van der Waals surface area contributed by atoms with Gasteiger partial charge in [0.25, 0.3) is 0 Å². The molecule has 4 amide bonds. The minimum absolute atomic E-state index is 0.0799. The molecule has 286 valence electrons. The summed E-state index contributed by atoms with van der Waals surface area (Å²) in [5.41, 5.74) is 5.21. The molecule has 1 aliphatic carbocycles. The van der Waals surface area contributed by atoms with Crippen molar-refractivity contribution in [1.82, 2.24) is 45.4 Å². The van der Waals surface area contributed by atoms with E-state index in [1.807, 2.05) is 35.4 Å². The third kappa shape index (κ3) is 7.06. The highest BCUT2D eigenvalue weighted by molar-refractivity contribution is 5.91. The number of ether oxygens (including phenoxy) is 2. The Morgan fingerprint density at radius 2 is 1.45 bits per heavy atom. The van der Waals surface area contributed by atoms with Crippen LogP contribution >= 0.6 is 0 Å². The summed E-state index contributed by atoms with van der Waals surface area (Å²) >= 11 is 0. The number of aromatic amines is 2. The van der Waals surface area contributed by atoms with Crippen molar-refractivity contribution in [3.8, 4) is 22.5 Å². The highest BCUT2D eigenvalue weighted by atomic mass is 16.5. The number of carbonyl (C=O) groups excluding carboxylic acids is 4. The number of aromatic nitrogens is 5. The summed E-state index contributed by atoms with van der Waals surface area (Å²) in [4.78, 5) is 75.6. The van der Waals surface area contributed by atoms with Crippen LogP contribution in [0.5, 0.6) is 0 Å². The van der Waals surface area contributed by atoms with Gasteiger partial charge in [0, 0.05) is 35.8 Å². The van der Waals surface area contributed by atoms with E-state index in [2.05, 4.69) is 48.5 Å². The van der Waals surface area contributed by atoms with Crippen molar-refractivity contribution in [3.05, 3.63) is 66.5 Å². The summed E-state index contributed by atoms with van der Waals surface area (Å²) < 4.78 is 9.49. The maximum absolute atomic E-state index is 13.8. The maximum Gasteiger partial charge on any atom is 0.407 e. The first-order chi connectivity index (χ1) is 26.7. The minimum atomic E-state index is -0.715. The first-order valence-corrected chi connectivity index (χ1v) is 19.0. The third-order valence-electron chi connectivity index (χ3n) is 11.4. The van der Waals surface area contributed by atoms with Crippen molar-refractivity contribution in [2.24, 2.45) is 5.92 Å². The van der Waals surface area contributed by atoms with Gasteiger partial charge in [0.1, 0.15) is 23.7 Å². The van der Waals surface area contributed by atoms with Gasteiger partial charge in [-0.1, -0.05) is 24.6 Å². The summed E-state index contributed by atoms with van der Waals surface area (Å²) in [6.07, 6.45) is 8.55. The number of hydrogen-bond donors (Lipinski definition) is 4. The lowest BCUT2D eigenvalue weighted by molar-refractivity contribution is -0.136. The molecule has 15 nitrogen and oxygen atoms in total. The predicted molar refractivity (Wildman–Crippen MR) is 203 cm³/mol. The summed E-state index contributed by atoms with van der Waals surface area (Å²) in [6.45, 7) is 2.85. The molecule has 2 aromatic carbocycles. The van der Waals surface area contributed by atoms with Gasteiger partial charge >= 0.3 is 12.2 Å². The van der Waals surface area contributed by atoms with E-state index >= 15 is 0 Å². The second kappa shape index (κ2) is 15.0. The van der Waals surface area contributed by atoms with Gasteiger partial charge in [-0.05, 0) is 81.0 Å². The lowest BCUT2D eigenvalue weighted by Gasteiger charge is -2.36. The molecular formula is C40H45N9O6. The van der Waals surface area contributed by atoms with Crippen molar-refractivity contribution >= 4 is 45.8 Å². The Hall–Kier alpha value is -5.99. The Kier molecular flexibility index (Phi) is 9.84. The number of alkyl carbamates (subject to hydrolysis) is 2. The number of nitrogens with one attached hydrogen (secondary N) is 4. The van der Waals surface area contributed by atoms with E-state index in [9.17, 15) is 19.2 Å². The Labute approximate surface area is 317 Å². The molecule has 3 aromatic heterocycles. The Bertz CT molecular complexity index is 2260. The number of methoxy groups -OCH3 is 2. The number of hydrogen-bond acceptors (Lipinski definition) is 9. The molecular weight excluding hydrogens is 702 g/mol. The van der Waals surface area contributed by atoms with Gasteiger partial charge in [-0.25, -0.2) is 19.6 Å². The number of pyridine rings is 1. The van der Waals surface area contributed by atoms with Crippen molar-refractivity contribution in [3.63, 3.8) is 0 Å². The highest BCUT2D eigenvalue weighted by Crippen LogP contribution is 2.37. The van der Waals surface area contributed by atoms with Crippen LogP contribution in [0.15, 0.2) is 54.9 Å². The molecule has 5 heterocycles. The summed E-state index contributed by atoms with van der Waals surface area (Å²) in [5.74, 6) is 1.30. The van der Waals surface area contributed by atoms with Crippen molar-refractivity contribution < 1.29 is 28.7 Å². The van der Waals surface area contributed by atoms with Crippen LogP contribution in [0.25, 0.3) is 44.3 Å². The Morgan fingerprint density at radius 3 is 2.18 bits per heavy atom. The number of imidazole rings is 2. The molecule has 15 heteroatoms. The van der Waals surface area contributed by atoms with Gasteiger partial charge in [-0.2, -0.15) is 0 Å². The fraction of sp³-hybridized carbons (Fsp3) is 0.425. The fourth-order valence-electron chi connectivity index (χ4n) is 8.16. The Morgan fingerprint density at radius 1 is 0.745 bits per heavy atom. The number of benzene rings is 2. The molecule has 8 rings (SSSR count). The quantitative estimate of drug-likeness (QED) is 0.145. The molecule has 4 atom stereocenters. The first-order valence-electron chi connectivity index (χ1n) is 19.0. The second-order valence-electron chi connectivity index (χ2n) is 14.7. The van der Waals surface area contributed by atoms with Gasteiger partial charge in [0.15, 0.2) is 0 Å². The molecule has 5 aromatic rings. The van der Waals surface area contributed by atoms with Gasteiger partial charge in [0.05, 0.1) is 54.9 Å². The van der Waals surface area contributed by atoms with Crippen LogP contribution in [-0.4, -0.2) is 98.1 Å². The molecule has 3 fully saturated rings.